The molecule has 90 valence electrons. The number of nitrogens with zero attached hydrogens (tertiary/aromatic N) is 1. The number of thiocarbonyl (C=S) groups is 1. The molecule has 6 aliphatic carbocycles. The zero-order chi connectivity index (χ0) is 11.5. The number of halogens is 1. The van der Waals surface area contributed by atoms with Crippen molar-refractivity contribution in [1.29, 1.82) is 0 Å². The maximum absolute atomic E-state index is 5.50. The molecule has 6 rings (SSSR count). The molecule has 0 saturated heterocycles. The van der Waals surface area contributed by atoms with Crippen molar-refractivity contribution in [2.45, 2.75) is 10.3 Å². The Kier molecular flexibility index (Phi) is 1.65. The predicted octanol–water partition coefficient (Wildman–Crippen LogP) is 1.37. The van der Waals surface area contributed by atoms with Crippen molar-refractivity contribution in [2.24, 2.45) is 58.2 Å². The Bertz CT molecular complexity index is 476. The molecule has 0 spiro atoms. The maximum Gasteiger partial charge on any atom is 0.184 e. The number of nitrogens with two attached hydrogens (primary N) is 1. The minimum atomic E-state index is 0.307. The smallest absolute Gasteiger partial charge is 0.184 e. The van der Waals surface area contributed by atoms with Crippen LogP contribution < -0.4 is 11.2 Å². The van der Waals surface area contributed by atoms with Gasteiger partial charge in [0.1, 0.15) is 0 Å². The Morgan fingerprint density at radius 3 is 2.71 bits per heavy atom. The molecule has 0 aliphatic heterocycles. The second kappa shape index (κ2) is 2.81. The van der Waals surface area contributed by atoms with Gasteiger partial charge in [-0.1, -0.05) is 22.6 Å². The van der Waals surface area contributed by atoms with Crippen LogP contribution in [0.15, 0.2) is 5.10 Å². The Morgan fingerprint density at radius 2 is 2.00 bits per heavy atom. The molecule has 0 unspecified atom stereocenters. The van der Waals surface area contributed by atoms with Crippen molar-refractivity contribution in [3.05, 3.63) is 0 Å². The molecule has 0 aromatic carbocycles. The van der Waals surface area contributed by atoms with Gasteiger partial charge in [0, 0.05) is 21.5 Å². The van der Waals surface area contributed by atoms with E-state index in [1.165, 1.54) is 12.1 Å². The van der Waals surface area contributed by atoms with E-state index in [1.807, 2.05) is 0 Å². The van der Waals surface area contributed by atoms with Crippen molar-refractivity contribution in [3.63, 3.8) is 0 Å². The van der Waals surface area contributed by atoms with Gasteiger partial charge in [0.25, 0.3) is 0 Å². The van der Waals surface area contributed by atoms with Crippen LogP contribution >= 0.6 is 34.8 Å². The number of hydrazone groups is 1. The lowest BCUT2D eigenvalue weighted by Gasteiger charge is -2.32. The van der Waals surface area contributed by atoms with Crippen LogP contribution in [0.25, 0.3) is 0 Å². The Hall–Kier alpha value is 0.0900. The third kappa shape index (κ3) is 0.856. The molecule has 5 heteroatoms. The highest BCUT2D eigenvalue weighted by Crippen LogP contribution is 2.82. The van der Waals surface area contributed by atoms with Crippen LogP contribution in [0.5, 0.6) is 0 Å². The normalized spacial score (nSPS) is 65.7. The van der Waals surface area contributed by atoms with Crippen molar-refractivity contribution < 1.29 is 0 Å². The van der Waals surface area contributed by atoms with Gasteiger partial charge in [-0.2, -0.15) is 5.10 Å². The van der Waals surface area contributed by atoms with Crippen LogP contribution in [0.2, 0.25) is 0 Å². The summed E-state index contributed by atoms with van der Waals surface area (Å²) in [5.41, 5.74) is 9.78. The summed E-state index contributed by atoms with van der Waals surface area (Å²) in [4.78, 5) is 0. The summed E-state index contributed by atoms with van der Waals surface area (Å²) in [7, 11) is 0. The standard InChI is InChI=1S/C12H14IN3S/c13-10-6-2-1-3-4(6)9-8(10)5(2)7(3)11(9)15-16-12(14)17/h2-10H,1H2,(H3,14,16,17)/b15-11+/t2-,3-,4-,5-,6-,7-,8+,9-,10+/m0/s1. The quantitative estimate of drug-likeness (QED) is 0.322. The monoisotopic (exact) mass is 359 g/mol. The molecule has 3 nitrogen and oxygen atoms in total. The summed E-state index contributed by atoms with van der Waals surface area (Å²) in [5, 5.41) is 4.88. The van der Waals surface area contributed by atoms with Gasteiger partial charge in [-0.15, -0.1) is 0 Å². The summed E-state index contributed by atoms with van der Waals surface area (Å²) >= 11 is 7.59. The SMILES string of the molecule is NC(=S)N/N=C1/[C@H]2[C@H]3[C@@H]4C[C@@H]5[C@@H]3[C@@H](I)[C@@H]2[C@@H]5[C@@H]14. The van der Waals surface area contributed by atoms with Gasteiger partial charge in [0.05, 0.1) is 0 Å². The van der Waals surface area contributed by atoms with Gasteiger partial charge in [-0.05, 0) is 54.1 Å². The van der Waals surface area contributed by atoms with Crippen LogP contribution in [0.3, 0.4) is 0 Å². The third-order valence-corrected chi connectivity index (χ3v) is 8.09. The summed E-state index contributed by atoms with van der Waals surface area (Å²) in [6.45, 7) is 0. The molecule has 0 aromatic heterocycles. The number of hydrogen-bond acceptors (Lipinski definition) is 2. The first-order valence-electron chi connectivity index (χ1n) is 6.47. The van der Waals surface area contributed by atoms with E-state index in [0.717, 1.165) is 51.3 Å². The minimum absolute atomic E-state index is 0.307. The first kappa shape index (κ1) is 9.95. The number of alkyl halides is 1. The van der Waals surface area contributed by atoms with Gasteiger partial charge < -0.3 is 5.73 Å². The first-order chi connectivity index (χ1) is 8.20. The van der Waals surface area contributed by atoms with E-state index >= 15 is 0 Å². The molecule has 3 N–H and O–H groups in total. The van der Waals surface area contributed by atoms with E-state index in [4.69, 9.17) is 18.0 Å². The van der Waals surface area contributed by atoms with Crippen molar-refractivity contribution in [3.8, 4) is 0 Å². The van der Waals surface area contributed by atoms with Crippen LogP contribution in [0.1, 0.15) is 6.42 Å². The van der Waals surface area contributed by atoms with E-state index in [2.05, 4.69) is 33.1 Å². The average molecular weight is 359 g/mol. The zero-order valence-corrected chi connectivity index (χ0v) is 12.2. The Balaban J connectivity index is 1.62. The Labute approximate surface area is 119 Å². The second-order valence-electron chi connectivity index (χ2n) is 6.38. The fourth-order valence-electron chi connectivity index (χ4n) is 6.49. The molecular formula is C12H14IN3S. The molecule has 0 heterocycles. The molecular weight excluding hydrogens is 345 g/mol. The molecule has 0 amide bonds. The molecule has 6 aliphatic rings. The van der Waals surface area contributed by atoms with Crippen LogP contribution in [-0.2, 0) is 0 Å². The maximum atomic E-state index is 5.50. The van der Waals surface area contributed by atoms with Gasteiger partial charge >= 0.3 is 0 Å². The number of rotatable bonds is 1. The first-order valence-corrected chi connectivity index (χ1v) is 8.12. The van der Waals surface area contributed by atoms with Crippen molar-refractivity contribution in [1.82, 2.24) is 5.43 Å². The molecule has 6 fully saturated rings. The highest BCUT2D eigenvalue weighted by Gasteiger charge is 2.82. The topological polar surface area (TPSA) is 50.4 Å². The fourth-order valence-corrected chi connectivity index (χ4v) is 8.48. The van der Waals surface area contributed by atoms with Crippen LogP contribution in [0.4, 0.5) is 0 Å². The second-order valence-corrected chi connectivity index (χ2v) is 8.26. The third-order valence-electron chi connectivity index (χ3n) is 6.34. The summed E-state index contributed by atoms with van der Waals surface area (Å²) in [6.07, 6.45) is 1.49. The average Bonchev–Trinajstić information content (AvgIpc) is 2.97. The van der Waals surface area contributed by atoms with E-state index in [0.29, 0.717) is 5.11 Å². The van der Waals surface area contributed by atoms with Crippen molar-refractivity contribution in [2.75, 3.05) is 0 Å². The molecule has 6 bridgehead atoms. The lowest BCUT2D eigenvalue weighted by molar-refractivity contribution is 0.132. The van der Waals surface area contributed by atoms with E-state index in [1.54, 1.807) is 0 Å². The van der Waals surface area contributed by atoms with E-state index in [-0.39, 0.29) is 0 Å². The summed E-state index contributed by atoms with van der Waals surface area (Å²) in [6, 6.07) is 0. The summed E-state index contributed by atoms with van der Waals surface area (Å²) in [5.74, 6) is 7.46. The molecule has 17 heavy (non-hydrogen) atoms. The predicted molar refractivity (Wildman–Crippen MR) is 77.7 cm³/mol. The highest BCUT2D eigenvalue weighted by atomic mass is 127. The number of hydrogen-bond donors (Lipinski definition) is 2. The van der Waals surface area contributed by atoms with Gasteiger partial charge in [-0.25, -0.2) is 0 Å². The fraction of sp³-hybridized carbons (Fsp3) is 0.833. The van der Waals surface area contributed by atoms with Gasteiger partial charge in [-0.3, -0.25) is 5.43 Å². The zero-order valence-electron chi connectivity index (χ0n) is 9.21. The van der Waals surface area contributed by atoms with Crippen LogP contribution in [-0.4, -0.2) is 14.7 Å². The summed E-state index contributed by atoms with van der Waals surface area (Å²) < 4.78 is 0.921. The Morgan fingerprint density at radius 1 is 1.24 bits per heavy atom. The van der Waals surface area contributed by atoms with Crippen LogP contribution in [0, 0.1) is 47.3 Å². The molecule has 0 aromatic rings. The molecule has 9 atom stereocenters. The minimum Gasteiger partial charge on any atom is -0.375 e. The van der Waals surface area contributed by atoms with Crippen molar-refractivity contribution >= 4 is 45.6 Å². The lowest BCUT2D eigenvalue weighted by Crippen LogP contribution is -2.30. The lowest BCUT2D eigenvalue weighted by atomic mass is 9.71. The van der Waals surface area contributed by atoms with E-state index < -0.39 is 0 Å². The largest absolute Gasteiger partial charge is 0.375 e. The van der Waals surface area contributed by atoms with E-state index in [9.17, 15) is 0 Å². The molecule has 6 saturated carbocycles. The highest BCUT2D eigenvalue weighted by molar-refractivity contribution is 14.1. The van der Waals surface area contributed by atoms with Gasteiger partial charge in [0.2, 0.25) is 0 Å². The number of nitrogens with one attached hydrogen (secondary N) is 1. The van der Waals surface area contributed by atoms with Gasteiger partial charge in [0.15, 0.2) is 5.11 Å². The molecule has 0 radical (unpaired) electrons.